The Labute approximate surface area is 146 Å². The number of rotatable bonds is 4. The summed E-state index contributed by atoms with van der Waals surface area (Å²) in [5.74, 6) is 0.567. The SMILES string of the molecule is Cc1noc(C)c1CN1CCN(C(=O)/C=C\c2ccc(F)cc2)CC1. The van der Waals surface area contributed by atoms with E-state index in [1.807, 2.05) is 18.7 Å². The predicted octanol–water partition coefficient (Wildman–Crippen LogP) is 2.79. The van der Waals surface area contributed by atoms with Crippen LogP contribution in [0.4, 0.5) is 4.39 Å². The molecule has 1 fully saturated rings. The van der Waals surface area contributed by atoms with Gasteiger partial charge < -0.3 is 9.42 Å². The zero-order valence-electron chi connectivity index (χ0n) is 14.5. The van der Waals surface area contributed by atoms with Gasteiger partial charge in [-0.3, -0.25) is 9.69 Å². The highest BCUT2D eigenvalue weighted by atomic mass is 19.1. The first-order valence-electron chi connectivity index (χ1n) is 8.39. The molecular formula is C19H22FN3O2. The zero-order valence-corrected chi connectivity index (χ0v) is 14.5. The maximum Gasteiger partial charge on any atom is 0.246 e. The number of carbonyl (C=O) groups is 1. The summed E-state index contributed by atoms with van der Waals surface area (Å²) in [6.45, 7) is 7.70. The molecule has 0 spiro atoms. The van der Waals surface area contributed by atoms with Crippen LogP contribution in [-0.4, -0.2) is 47.0 Å². The molecule has 25 heavy (non-hydrogen) atoms. The van der Waals surface area contributed by atoms with Crippen LogP contribution >= 0.6 is 0 Å². The standard InChI is InChI=1S/C19H22FN3O2/c1-14-18(15(2)25-21-14)13-22-9-11-23(12-10-22)19(24)8-5-16-3-6-17(20)7-4-16/h3-8H,9-13H2,1-2H3/b8-5-. The third-order valence-corrected chi connectivity index (χ3v) is 4.54. The molecular weight excluding hydrogens is 321 g/mol. The Balaban J connectivity index is 1.51. The van der Waals surface area contributed by atoms with Crippen molar-refractivity contribution in [2.45, 2.75) is 20.4 Å². The average molecular weight is 343 g/mol. The number of piperazine rings is 1. The first-order valence-corrected chi connectivity index (χ1v) is 8.39. The van der Waals surface area contributed by atoms with E-state index in [9.17, 15) is 9.18 Å². The Morgan fingerprint density at radius 2 is 1.88 bits per heavy atom. The second-order valence-electron chi connectivity index (χ2n) is 6.29. The van der Waals surface area contributed by atoms with E-state index in [4.69, 9.17) is 4.52 Å². The van der Waals surface area contributed by atoms with E-state index in [0.717, 1.165) is 42.2 Å². The fourth-order valence-electron chi connectivity index (χ4n) is 2.92. The van der Waals surface area contributed by atoms with Gasteiger partial charge in [0, 0.05) is 44.4 Å². The number of halogens is 1. The summed E-state index contributed by atoms with van der Waals surface area (Å²) < 4.78 is 18.1. The topological polar surface area (TPSA) is 49.6 Å². The van der Waals surface area contributed by atoms with Crippen LogP contribution in [0, 0.1) is 19.7 Å². The third kappa shape index (κ3) is 4.33. The van der Waals surface area contributed by atoms with Crippen molar-refractivity contribution in [3.05, 3.63) is 58.7 Å². The second-order valence-corrected chi connectivity index (χ2v) is 6.29. The summed E-state index contributed by atoms with van der Waals surface area (Å²) in [5, 5.41) is 3.98. The molecule has 1 aliphatic rings. The summed E-state index contributed by atoms with van der Waals surface area (Å²) in [4.78, 5) is 16.4. The normalized spacial score (nSPS) is 15.9. The molecule has 1 aromatic heterocycles. The van der Waals surface area contributed by atoms with Gasteiger partial charge in [0.25, 0.3) is 0 Å². The number of carbonyl (C=O) groups excluding carboxylic acids is 1. The Morgan fingerprint density at radius 1 is 1.20 bits per heavy atom. The van der Waals surface area contributed by atoms with Crippen LogP contribution in [0.25, 0.3) is 6.08 Å². The van der Waals surface area contributed by atoms with Gasteiger partial charge in [0.15, 0.2) is 0 Å². The molecule has 0 atom stereocenters. The van der Waals surface area contributed by atoms with Crippen LogP contribution in [0.15, 0.2) is 34.9 Å². The van der Waals surface area contributed by atoms with Crippen molar-refractivity contribution in [1.29, 1.82) is 0 Å². The van der Waals surface area contributed by atoms with Gasteiger partial charge in [0.05, 0.1) is 5.69 Å². The van der Waals surface area contributed by atoms with Gasteiger partial charge in [-0.2, -0.15) is 0 Å². The lowest BCUT2D eigenvalue weighted by Crippen LogP contribution is -2.47. The zero-order chi connectivity index (χ0) is 17.8. The van der Waals surface area contributed by atoms with Crippen LogP contribution in [0.5, 0.6) is 0 Å². The molecule has 1 aromatic carbocycles. The van der Waals surface area contributed by atoms with Crippen molar-refractivity contribution < 1.29 is 13.7 Å². The van der Waals surface area contributed by atoms with Gasteiger partial charge in [-0.05, 0) is 37.6 Å². The smallest absolute Gasteiger partial charge is 0.246 e. The minimum absolute atomic E-state index is 0.0127. The maximum absolute atomic E-state index is 12.9. The van der Waals surface area contributed by atoms with Crippen LogP contribution in [0.3, 0.4) is 0 Å². The summed E-state index contributed by atoms with van der Waals surface area (Å²) >= 11 is 0. The number of aryl methyl sites for hydroxylation is 2. The van der Waals surface area contributed by atoms with E-state index in [1.54, 1.807) is 24.3 Å². The van der Waals surface area contributed by atoms with Crippen molar-refractivity contribution in [1.82, 2.24) is 15.0 Å². The number of hydrogen-bond acceptors (Lipinski definition) is 4. The molecule has 0 radical (unpaired) electrons. The third-order valence-electron chi connectivity index (χ3n) is 4.54. The minimum Gasteiger partial charge on any atom is -0.361 e. The summed E-state index contributed by atoms with van der Waals surface area (Å²) in [6.07, 6.45) is 3.27. The van der Waals surface area contributed by atoms with Crippen LogP contribution in [-0.2, 0) is 11.3 Å². The average Bonchev–Trinajstić information content (AvgIpc) is 2.93. The molecule has 132 valence electrons. The lowest BCUT2D eigenvalue weighted by atomic mass is 10.1. The van der Waals surface area contributed by atoms with E-state index in [-0.39, 0.29) is 11.7 Å². The van der Waals surface area contributed by atoms with Crippen molar-refractivity contribution in [3.63, 3.8) is 0 Å². The lowest BCUT2D eigenvalue weighted by Gasteiger charge is -2.34. The van der Waals surface area contributed by atoms with E-state index in [2.05, 4.69) is 10.1 Å². The van der Waals surface area contributed by atoms with E-state index >= 15 is 0 Å². The number of amides is 1. The fraction of sp³-hybridized carbons (Fsp3) is 0.368. The highest BCUT2D eigenvalue weighted by molar-refractivity contribution is 5.91. The molecule has 0 N–H and O–H groups in total. The highest BCUT2D eigenvalue weighted by Gasteiger charge is 2.21. The van der Waals surface area contributed by atoms with Gasteiger partial charge >= 0.3 is 0 Å². The van der Waals surface area contributed by atoms with E-state index in [0.29, 0.717) is 13.1 Å². The molecule has 5 nitrogen and oxygen atoms in total. The molecule has 1 saturated heterocycles. The van der Waals surface area contributed by atoms with Gasteiger partial charge in [0.2, 0.25) is 5.91 Å². The van der Waals surface area contributed by atoms with Crippen LogP contribution < -0.4 is 0 Å². The molecule has 1 aliphatic heterocycles. The Kier molecular flexibility index (Phi) is 5.28. The van der Waals surface area contributed by atoms with Gasteiger partial charge in [-0.15, -0.1) is 0 Å². The Morgan fingerprint density at radius 3 is 2.48 bits per heavy atom. The van der Waals surface area contributed by atoms with Crippen molar-refractivity contribution in [2.24, 2.45) is 0 Å². The number of hydrogen-bond donors (Lipinski definition) is 0. The quantitative estimate of drug-likeness (QED) is 0.801. The monoisotopic (exact) mass is 343 g/mol. The first-order chi connectivity index (χ1) is 12.0. The molecule has 0 saturated carbocycles. The number of benzene rings is 1. The van der Waals surface area contributed by atoms with Gasteiger partial charge in [-0.25, -0.2) is 4.39 Å². The van der Waals surface area contributed by atoms with Crippen LogP contribution in [0.1, 0.15) is 22.6 Å². The molecule has 0 aliphatic carbocycles. The van der Waals surface area contributed by atoms with Gasteiger partial charge in [-0.1, -0.05) is 17.3 Å². The predicted molar refractivity (Wildman–Crippen MR) is 93.3 cm³/mol. The summed E-state index contributed by atoms with van der Waals surface area (Å²) in [5.41, 5.74) is 2.88. The fourth-order valence-corrected chi connectivity index (χ4v) is 2.92. The summed E-state index contributed by atoms with van der Waals surface area (Å²) in [6, 6.07) is 6.08. The molecule has 2 aromatic rings. The highest BCUT2D eigenvalue weighted by Crippen LogP contribution is 2.16. The first kappa shape index (κ1) is 17.4. The van der Waals surface area contributed by atoms with E-state index in [1.165, 1.54) is 12.1 Å². The summed E-state index contributed by atoms with van der Waals surface area (Å²) in [7, 11) is 0. The van der Waals surface area contributed by atoms with Crippen molar-refractivity contribution in [3.8, 4) is 0 Å². The van der Waals surface area contributed by atoms with Gasteiger partial charge in [0.1, 0.15) is 11.6 Å². The minimum atomic E-state index is -0.280. The number of nitrogens with zero attached hydrogens (tertiary/aromatic N) is 3. The molecule has 3 rings (SSSR count). The van der Waals surface area contributed by atoms with Crippen LogP contribution in [0.2, 0.25) is 0 Å². The molecule has 0 unspecified atom stereocenters. The molecule has 1 amide bonds. The maximum atomic E-state index is 12.9. The largest absolute Gasteiger partial charge is 0.361 e. The molecule has 6 heteroatoms. The van der Waals surface area contributed by atoms with Crippen molar-refractivity contribution in [2.75, 3.05) is 26.2 Å². The molecule has 2 heterocycles. The number of aromatic nitrogens is 1. The Hall–Kier alpha value is -2.47. The second kappa shape index (κ2) is 7.61. The van der Waals surface area contributed by atoms with E-state index < -0.39 is 0 Å². The molecule has 0 bridgehead atoms. The lowest BCUT2D eigenvalue weighted by molar-refractivity contribution is -0.127. The van der Waals surface area contributed by atoms with Crippen molar-refractivity contribution >= 4 is 12.0 Å². The Bertz CT molecular complexity index is 740.